The summed E-state index contributed by atoms with van der Waals surface area (Å²) in [6.45, 7) is 0.395. The number of hydrogen-bond acceptors (Lipinski definition) is 5. The summed E-state index contributed by atoms with van der Waals surface area (Å²) in [5.41, 5.74) is 0.694. The second kappa shape index (κ2) is 8.33. The molecule has 144 valence electrons. The number of pyridine rings is 1. The summed E-state index contributed by atoms with van der Waals surface area (Å²) in [7, 11) is -3.78. The molecule has 0 radical (unpaired) electrons. The lowest BCUT2D eigenvalue weighted by Crippen LogP contribution is -2.42. The van der Waals surface area contributed by atoms with Gasteiger partial charge in [0.15, 0.2) is 0 Å². The Hall–Kier alpha value is -2.03. The highest BCUT2D eigenvalue weighted by Gasteiger charge is 2.34. The van der Waals surface area contributed by atoms with Gasteiger partial charge in [0, 0.05) is 24.8 Å². The molecule has 0 aliphatic carbocycles. The number of hydrogen-bond donors (Lipinski definition) is 0. The second-order valence-corrected chi connectivity index (χ2v) is 8.58. The van der Waals surface area contributed by atoms with Gasteiger partial charge in [-0.05, 0) is 43.2 Å². The minimum Gasteiger partial charge on any atom is -0.461 e. The lowest BCUT2D eigenvalue weighted by atomic mass is 10.00. The highest BCUT2D eigenvalue weighted by Crippen LogP contribution is 2.25. The van der Waals surface area contributed by atoms with Crippen molar-refractivity contribution >= 4 is 27.6 Å². The van der Waals surface area contributed by atoms with Crippen LogP contribution in [-0.4, -0.2) is 36.8 Å². The molecule has 0 amide bonds. The highest BCUT2D eigenvalue weighted by molar-refractivity contribution is 7.89. The van der Waals surface area contributed by atoms with Crippen molar-refractivity contribution in [1.82, 2.24) is 9.29 Å². The molecule has 3 rings (SSSR count). The second-order valence-electron chi connectivity index (χ2n) is 6.25. The van der Waals surface area contributed by atoms with Gasteiger partial charge in [-0.25, -0.2) is 17.8 Å². The summed E-state index contributed by atoms with van der Waals surface area (Å²) >= 11 is 5.71. The smallest absolute Gasteiger partial charge is 0.310 e. The fourth-order valence-corrected chi connectivity index (χ4v) is 4.51. The number of sulfonamides is 1. The molecule has 1 fully saturated rings. The Morgan fingerprint density at radius 3 is 2.67 bits per heavy atom. The number of esters is 1. The zero-order chi connectivity index (χ0) is 19.4. The average Bonchev–Trinajstić information content (AvgIpc) is 2.68. The Morgan fingerprint density at radius 2 is 2.00 bits per heavy atom. The van der Waals surface area contributed by atoms with Crippen molar-refractivity contribution < 1.29 is 22.3 Å². The van der Waals surface area contributed by atoms with Gasteiger partial charge >= 0.3 is 5.97 Å². The van der Waals surface area contributed by atoms with E-state index in [9.17, 15) is 17.6 Å². The third-order valence-corrected chi connectivity index (χ3v) is 6.44. The zero-order valence-corrected chi connectivity index (χ0v) is 15.9. The number of ether oxygens (including phenoxy) is 1. The third kappa shape index (κ3) is 4.82. The fourth-order valence-electron chi connectivity index (χ4n) is 2.87. The SMILES string of the molecule is O=C(OCc1ccc(Cl)nc1)C1CCCN(S(=O)(=O)c2ccc(F)cc2)C1. The predicted molar refractivity (Wildman–Crippen MR) is 96.9 cm³/mol. The molecule has 0 bridgehead atoms. The number of halogens is 2. The molecule has 1 saturated heterocycles. The van der Waals surface area contributed by atoms with E-state index in [-0.39, 0.29) is 18.0 Å². The summed E-state index contributed by atoms with van der Waals surface area (Å²) in [5.74, 6) is -1.51. The van der Waals surface area contributed by atoms with Gasteiger partial charge in [-0.3, -0.25) is 4.79 Å². The van der Waals surface area contributed by atoms with Crippen LogP contribution in [0.15, 0.2) is 47.5 Å². The minimum atomic E-state index is -3.78. The van der Waals surface area contributed by atoms with Gasteiger partial charge in [0.05, 0.1) is 10.8 Å². The Balaban J connectivity index is 1.63. The van der Waals surface area contributed by atoms with Crippen molar-refractivity contribution in [2.24, 2.45) is 5.92 Å². The maximum atomic E-state index is 13.1. The monoisotopic (exact) mass is 412 g/mol. The lowest BCUT2D eigenvalue weighted by molar-refractivity contribution is -0.151. The molecule has 1 aliphatic rings. The van der Waals surface area contributed by atoms with Crippen molar-refractivity contribution in [3.05, 3.63) is 59.1 Å². The maximum absolute atomic E-state index is 13.1. The first kappa shape index (κ1) is 19.7. The van der Waals surface area contributed by atoms with E-state index in [1.807, 2.05) is 0 Å². The molecule has 9 heteroatoms. The minimum absolute atomic E-state index is 0.00477. The van der Waals surface area contributed by atoms with Crippen LogP contribution in [0, 0.1) is 11.7 Å². The van der Waals surface area contributed by atoms with Crippen LogP contribution in [0.25, 0.3) is 0 Å². The van der Waals surface area contributed by atoms with Crippen LogP contribution in [0.4, 0.5) is 4.39 Å². The van der Waals surface area contributed by atoms with Crippen molar-refractivity contribution in [2.75, 3.05) is 13.1 Å². The van der Waals surface area contributed by atoms with Gasteiger partial charge in [0.1, 0.15) is 17.6 Å². The number of carbonyl (C=O) groups excluding carboxylic acids is 1. The van der Waals surface area contributed by atoms with Gasteiger partial charge in [0.25, 0.3) is 0 Å². The van der Waals surface area contributed by atoms with Crippen LogP contribution in [0.5, 0.6) is 0 Å². The number of rotatable bonds is 5. The van der Waals surface area contributed by atoms with Gasteiger partial charge in [-0.15, -0.1) is 0 Å². The molecule has 1 aromatic carbocycles. The van der Waals surface area contributed by atoms with E-state index in [4.69, 9.17) is 16.3 Å². The first-order valence-electron chi connectivity index (χ1n) is 8.39. The molecule has 1 aliphatic heterocycles. The van der Waals surface area contributed by atoms with Crippen LogP contribution in [0.3, 0.4) is 0 Å². The van der Waals surface area contributed by atoms with Crippen LogP contribution in [0.2, 0.25) is 5.15 Å². The van der Waals surface area contributed by atoms with Crippen molar-refractivity contribution in [3.63, 3.8) is 0 Å². The van der Waals surface area contributed by atoms with E-state index in [0.717, 1.165) is 12.1 Å². The van der Waals surface area contributed by atoms with Crippen LogP contribution >= 0.6 is 11.6 Å². The first-order chi connectivity index (χ1) is 12.9. The summed E-state index contributed by atoms with van der Waals surface area (Å²) < 4.78 is 45.0. The average molecular weight is 413 g/mol. The van der Waals surface area contributed by atoms with Gasteiger partial charge < -0.3 is 4.74 Å². The number of piperidine rings is 1. The Morgan fingerprint density at radius 1 is 1.26 bits per heavy atom. The maximum Gasteiger partial charge on any atom is 0.310 e. The summed E-state index contributed by atoms with van der Waals surface area (Å²) in [6.07, 6.45) is 2.61. The number of benzene rings is 1. The Bertz CT molecular complexity index is 904. The van der Waals surface area contributed by atoms with Crippen molar-refractivity contribution in [2.45, 2.75) is 24.3 Å². The first-order valence-corrected chi connectivity index (χ1v) is 10.2. The predicted octanol–water partition coefficient (Wildman–Crippen LogP) is 3.02. The summed E-state index contributed by atoms with van der Waals surface area (Å²) in [5, 5.41) is 0.346. The summed E-state index contributed by atoms with van der Waals surface area (Å²) in [6, 6.07) is 7.95. The quantitative estimate of drug-likeness (QED) is 0.557. The van der Waals surface area contributed by atoms with Gasteiger partial charge in [0.2, 0.25) is 10.0 Å². The normalized spacial score (nSPS) is 18.2. The van der Waals surface area contributed by atoms with E-state index in [1.54, 1.807) is 12.1 Å². The third-order valence-electron chi connectivity index (χ3n) is 4.34. The van der Waals surface area contributed by atoms with E-state index in [0.29, 0.717) is 30.1 Å². The molecule has 27 heavy (non-hydrogen) atoms. The molecular formula is C18H18ClFN2O4S. The van der Waals surface area contributed by atoms with E-state index < -0.39 is 27.7 Å². The van der Waals surface area contributed by atoms with Crippen LogP contribution in [-0.2, 0) is 26.2 Å². The largest absolute Gasteiger partial charge is 0.461 e. The molecular weight excluding hydrogens is 395 g/mol. The topological polar surface area (TPSA) is 76.6 Å². The number of nitrogens with zero attached hydrogens (tertiary/aromatic N) is 2. The van der Waals surface area contributed by atoms with E-state index in [2.05, 4.69) is 4.98 Å². The van der Waals surface area contributed by atoms with Crippen LogP contribution in [0.1, 0.15) is 18.4 Å². The molecule has 2 heterocycles. The standard InChI is InChI=1S/C18H18ClFN2O4S/c19-17-8-3-13(10-21-17)12-26-18(23)14-2-1-9-22(11-14)27(24,25)16-6-4-15(20)5-7-16/h3-8,10,14H,1-2,9,11-12H2. The van der Waals surface area contributed by atoms with Gasteiger partial charge in [-0.2, -0.15) is 4.31 Å². The molecule has 0 N–H and O–H groups in total. The molecule has 1 unspecified atom stereocenters. The van der Waals surface area contributed by atoms with Gasteiger partial charge in [-0.1, -0.05) is 17.7 Å². The molecule has 1 atom stereocenters. The van der Waals surface area contributed by atoms with Crippen molar-refractivity contribution in [1.29, 1.82) is 0 Å². The Kier molecular flexibility index (Phi) is 6.08. The number of aromatic nitrogens is 1. The van der Waals surface area contributed by atoms with Crippen LogP contribution < -0.4 is 0 Å². The molecule has 0 spiro atoms. The molecule has 1 aromatic heterocycles. The summed E-state index contributed by atoms with van der Waals surface area (Å²) in [4.78, 5) is 16.3. The lowest BCUT2D eigenvalue weighted by Gasteiger charge is -2.30. The van der Waals surface area contributed by atoms with E-state index >= 15 is 0 Å². The molecule has 6 nitrogen and oxygen atoms in total. The molecule has 2 aromatic rings. The highest BCUT2D eigenvalue weighted by atomic mass is 35.5. The number of carbonyl (C=O) groups is 1. The van der Waals surface area contributed by atoms with E-state index in [1.165, 1.54) is 22.6 Å². The van der Waals surface area contributed by atoms with Crippen molar-refractivity contribution in [3.8, 4) is 0 Å². The Labute approximate surface area is 162 Å². The fraction of sp³-hybridized carbons (Fsp3) is 0.333. The molecule has 0 saturated carbocycles. The zero-order valence-electron chi connectivity index (χ0n) is 14.3.